The van der Waals surface area contributed by atoms with Gasteiger partial charge in [-0.1, -0.05) is 36.4 Å². The molecular formula is C27H31N3O3. The molecule has 0 saturated carbocycles. The highest BCUT2D eigenvalue weighted by atomic mass is 16.5. The summed E-state index contributed by atoms with van der Waals surface area (Å²) in [6, 6.07) is 17.5. The van der Waals surface area contributed by atoms with Crippen LogP contribution in [0.2, 0.25) is 0 Å². The van der Waals surface area contributed by atoms with Crippen LogP contribution in [-0.4, -0.2) is 34.7 Å². The third kappa shape index (κ3) is 5.96. The standard InChI is InChI=1S/C27H31N3O3/c1-20-18-25(31)26(27(32)29-16-14-22-10-5-6-15-28-22)24(13-12-21-8-3-2-4-9-21)30(20)19-23-11-7-17-33-23/h2-6,8-10,15,18,23H,7,11-14,16-17,19H2,1H3,(H,29,32)/t23-/m0/s1. The van der Waals surface area contributed by atoms with Crippen molar-refractivity contribution in [3.8, 4) is 0 Å². The number of aromatic nitrogens is 2. The number of hydrogen-bond donors (Lipinski definition) is 1. The minimum Gasteiger partial charge on any atom is -0.376 e. The van der Waals surface area contributed by atoms with Crippen LogP contribution in [-0.2, 0) is 30.5 Å². The Morgan fingerprint density at radius 3 is 2.67 bits per heavy atom. The number of hydrogen-bond acceptors (Lipinski definition) is 4. The maximum absolute atomic E-state index is 13.2. The molecule has 1 atom stereocenters. The lowest BCUT2D eigenvalue weighted by Crippen LogP contribution is -2.35. The molecule has 3 heterocycles. The lowest BCUT2D eigenvalue weighted by molar-refractivity contribution is 0.0927. The Hall–Kier alpha value is -3.25. The van der Waals surface area contributed by atoms with Gasteiger partial charge in [0.05, 0.1) is 6.10 Å². The average molecular weight is 446 g/mol. The first-order chi connectivity index (χ1) is 16.1. The third-order valence-electron chi connectivity index (χ3n) is 6.15. The molecule has 1 N–H and O–H groups in total. The molecule has 172 valence electrons. The van der Waals surface area contributed by atoms with Gasteiger partial charge in [-0.3, -0.25) is 14.6 Å². The fourth-order valence-electron chi connectivity index (χ4n) is 4.42. The summed E-state index contributed by atoms with van der Waals surface area (Å²) in [5.41, 5.74) is 3.75. The van der Waals surface area contributed by atoms with E-state index >= 15 is 0 Å². The Bertz CT molecular complexity index is 1120. The molecule has 33 heavy (non-hydrogen) atoms. The number of nitrogens with one attached hydrogen (secondary N) is 1. The summed E-state index contributed by atoms with van der Waals surface area (Å²) in [5, 5.41) is 2.94. The second kappa shape index (κ2) is 11.1. The largest absolute Gasteiger partial charge is 0.376 e. The van der Waals surface area contributed by atoms with Crippen molar-refractivity contribution in [2.75, 3.05) is 13.2 Å². The zero-order valence-corrected chi connectivity index (χ0v) is 19.1. The molecule has 0 aliphatic carbocycles. The first-order valence-corrected chi connectivity index (χ1v) is 11.7. The number of pyridine rings is 2. The highest BCUT2D eigenvalue weighted by Gasteiger charge is 2.23. The van der Waals surface area contributed by atoms with Crippen molar-refractivity contribution in [1.29, 1.82) is 0 Å². The van der Waals surface area contributed by atoms with Gasteiger partial charge in [-0.15, -0.1) is 0 Å². The molecule has 1 amide bonds. The Kier molecular flexibility index (Phi) is 7.68. The maximum Gasteiger partial charge on any atom is 0.257 e. The topological polar surface area (TPSA) is 73.2 Å². The van der Waals surface area contributed by atoms with Gasteiger partial charge in [-0.05, 0) is 50.3 Å². The van der Waals surface area contributed by atoms with Crippen LogP contribution in [0.3, 0.4) is 0 Å². The molecule has 0 spiro atoms. The number of nitrogens with zero attached hydrogens (tertiary/aromatic N) is 2. The molecule has 1 aliphatic heterocycles. The predicted octanol–water partition coefficient (Wildman–Crippen LogP) is 3.49. The normalized spacial score (nSPS) is 15.5. The fraction of sp³-hybridized carbons (Fsp3) is 0.370. The summed E-state index contributed by atoms with van der Waals surface area (Å²) >= 11 is 0. The molecular weight excluding hydrogens is 414 g/mol. The molecule has 3 aromatic rings. The SMILES string of the molecule is Cc1cc(=O)c(C(=O)NCCc2ccccn2)c(CCc2ccccc2)n1C[C@@H]1CCCO1. The molecule has 4 rings (SSSR count). The van der Waals surface area contributed by atoms with Gasteiger partial charge in [-0.2, -0.15) is 0 Å². The third-order valence-corrected chi connectivity index (χ3v) is 6.15. The fourth-order valence-corrected chi connectivity index (χ4v) is 4.42. The summed E-state index contributed by atoms with van der Waals surface area (Å²) in [7, 11) is 0. The molecule has 1 aromatic carbocycles. The van der Waals surface area contributed by atoms with Crippen LogP contribution in [0.5, 0.6) is 0 Å². The van der Waals surface area contributed by atoms with Gasteiger partial charge in [0, 0.05) is 55.5 Å². The van der Waals surface area contributed by atoms with Crippen molar-refractivity contribution in [1.82, 2.24) is 14.9 Å². The van der Waals surface area contributed by atoms with Crippen LogP contribution in [0.4, 0.5) is 0 Å². The number of rotatable bonds is 9. The van der Waals surface area contributed by atoms with Crippen LogP contribution in [0, 0.1) is 6.92 Å². The number of carbonyl (C=O) groups is 1. The molecule has 2 aromatic heterocycles. The van der Waals surface area contributed by atoms with Crippen molar-refractivity contribution in [3.63, 3.8) is 0 Å². The zero-order valence-electron chi connectivity index (χ0n) is 19.1. The Labute approximate surface area is 194 Å². The summed E-state index contributed by atoms with van der Waals surface area (Å²) in [6.07, 6.45) is 5.87. The van der Waals surface area contributed by atoms with Crippen molar-refractivity contribution in [3.05, 3.63) is 99.2 Å². The van der Waals surface area contributed by atoms with Gasteiger partial charge in [0.25, 0.3) is 5.91 Å². The van der Waals surface area contributed by atoms with Crippen molar-refractivity contribution >= 4 is 5.91 Å². The molecule has 0 bridgehead atoms. The van der Waals surface area contributed by atoms with Crippen LogP contribution in [0.25, 0.3) is 0 Å². The molecule has 0 radical (unpaired) electrons. The van der Waals surface area contributed by atoms with E-state index in [0.29, 0.717) is 25.9 Å². The molecule has 1 saturated heterocycles. The van der Waals surface area contributed by atoms with E-state index in [4.69, 9.17) is 4.74 Å². The molecule has 1 aliphatic rings. The number of carbonyl (C=O) groups excluding carboxylic acids is 1. The Balaban J connectivity index is 1.60. The van der Waals surface area contributed by atoms with Gasteiger partial charge in [0.1, 0.15) is 5.56 Å². The van der Waals surface area contributed by atoms with Crippen LogP contribution >= 0.6 is 0 Å². The lowest BCUT2D eigenvalue weighted by atomic mass is 10.0. The highest BCUT2D eigenvalue weighted by molar-refractivity contribution is 5.95. The van der Waals surface area contributed by atoms with Crippen LogP contribution < -0.4 is 10.7 Å². The first kappa shape index (κ1) is 22.9. The van der Waals surface area contributed by atoms with E-state index in [0.717, 1.165) is 43.0 Å². The van der Waals surface area contributed by atoms with Gasteiger partial charge >= 0.3 is 0 Å². The van der Waals surface area contributed by atoms with E-state index in [1.54, 1.807) is 12.3 Å². The average Bonchev–Trinajstić information content (AvgIpc) is 3.34. The van der Waals surface area contributed by atoms with Crippen LogP contribution in [0.15, 0.2) is 65.6 Å². The highest BCUT2D eigenvalue weighted by Crippen LogP contribution is 2.19. The molecule has 6 heteroatoms. The minimum absolute atomic E-state index is 0.113. The number of benzene rings is 1. The van der Waals surface area contributed by atoms with Gasteiger partial charge in [0.2, 0.25) is 0 Å². The Morgan fingerprint density at radius 1 is 1.12 bits per heavy atom. The number of ether oxygens (including phenoxy) is 1. The summed E-state index contributed by atoms with van der Waals surface area (Å²) in [5.74, 6) is -0.319. The second-order valence-corrected chi connectivity index (χ2v) is 8.53. The van der Waals surface area contributed by atoms with E-state index in [1.165, 1.54) is 5.56 Å². The van der Waals surface area contributed by atoms with Crippen molar-refractivity contribution in [2.45, 2.75) is 51.7 Å². The van der Waals surface area contributed by atoms with Crippen molar-refractivity contribution < 1.29 is 9.53 Å². The molecule has 6 nitrogen and oxygen atoms in total. The summed E-state index contributed by atoms with van der Waals surface area (Å²) in [6.45, 7) is 3.78. The van der Waals surface area contributed by atoms with E-state index in [-0.39, 0.29) is 23.0 Å². The number of amides is 1. The smallest absolute Gasteiger partial charge is 0.257 e. The first-order valence-electron chi connectivity index (χ1n) is 11.7. The predicted molar refractivity (Wildman–Crippen MR) is 129 cm³/mol. The lowest BCUT2D eigenvalue weighted by Gasteiger charge is -2.22. The van der Waals surface area contributed by atoms with Crippen LogP contribution in [0.1, 0.15) is 45.8 Å². The maximum atomic E-state index is 13.2. The second-order valence-electron chi connectivity index (χ2n) is 8.53. The van der Waals surface area contributed by atoms with Gasteiger partial charge in [-0.25, -0.2) is 0 Å². The summed E-state index contributed by atoms with van der Waals surface area (Å²) < 4.78 is 7.99. The zero-order chi connectivity index (χ0) is 23.0. The summed E-state index contributed by atoms with van der Waals surface area (Å²) in [4.78, 5) is 30.5. The quantitative estimate of drug-likeness (QED) is 0.547. The Morgan fingerprint density at radius 2 is 1.94 bits per heavy atom. The van der Waals surface area contributed by atoms with Crippen molar-refractivity contribution in [2.24, 2.45) is 0 Å². The van der Waals surface area contributed by atoms with Gasteiger partial charge in [0.15, 0.2) is 5.43 Å². The minimum atomic E-state index is -0.319. The molecule has 0 unspecified atom stereocenters. The van der Waals surface area contributed by atoms with E-state index in [2.05, 4.69) is 27.0 Å². The number of aryl methyl sites for hydroxylation is 2. The van der Waals surface area contributed by atoms with E-state index in [9.17, 15) is 9.59 Å². The van der Waals surface area contributed by atoms with E-state index < -0.39 is 0 Å². The molecule has 1 fully saturated rings. The van der Waals surface area contributed by atoms with E-state index in [1.807, 2.05) is 43.3 Å². The van der Waals surface area contributed by atoms with Gasteiger partial charge < -0.3 is 14.6 Å². The monoisotopic (exact) mass is 445 g/mol.